The summed E-state index contributed by atoms with van der Waals surface area (Å²) < 4.78 is 0.729. The fourth-order valence-electron chi connectivity index (χ4n) is 2.44. The van der Waals surface area contributed by atoms with Crippen molar-refractivity contribution in [2.45, 2.75) is 24.6 Å². The van der Waals surface area contributed by atoms with Crippen LogP contribution in [0.4, 0.5) is 16.5 Å². The molecule has 0 fully saturated rings. The van der Waals surface area contributed by atoms with Gasteiger partial charge in [0, 0.05) is 11.4 Å². The number of anilines is 3. The van der Waals surface area contributed by atoms with Crippen molar-refractivity contribution in [2.75, 3.05) is 16.4 Å². The molecule has 0 radical (unpaired) electrons. The number of hydrogen-bond acceptors (Lipinski definition) is 7. The van der Waals surface area contributed by atoms with Gasteiger partial charge in [-0.25, -0.2) is 0 Å². The summed E-state index contributed by atoms with van der Waals surface area (Å²) in [6.45, 7) is 4.13. The van der Waals surface area contributed by atoms with E-state index in [0.29, 0.717) is 17.2 Å². The number of carbonyl (C=O) groups is 1. The lowest BCUT2D eigenvalue weighted by Gasteiger charge is -2.08. The molecular weight excluding hydrogens is 390 g/mol. The molecule has 1 heterocycles. The zero-order valence-corrected chi connectivity index (χ0v) is 17.2. The topological polar surface area (TPSA) is 90.7 Å². The largest absolute Gasteiger partial charge is 0.330 e. The third kappa shape index (κ3) is 5.31. The summed E-state index contributed by atoms with van der Waals surface area (Å²) in [6.07, 6.45) is 0.361. The lowest BCUT2D eigenvalue weighted by Crippen LogP contribution is -2.13. The third-order valence-corrected chi connectivity index (χ3v) is 6.07. The molecule has 1 amide bonds. The number of nitriles is 1. The number of nitrogens with one attached hydrogen (secondary N) is 2. The van der Waals surface area contributed by atoms with Gasteiger partial charge in [0.05, 0.1) is 18.2 Å². The summed E-state index contributed by atoms with van der Waals surface area (Å²) in [5.74, 6) is 0.134. The van der Waals surface area contributed by atoms with Gasteiger partial charge in [0.15, 0.2) is 4.34 Å². The first kappa shape index (κ1) is 19.9. The molecule has 1 aromatic heterocycles. The predicted octanol–water partition coefficient (Wildman–Crippen LogP) is 4.70. The van der Waals surface area contributed by atoms with Gasteiger partial charge in [-0.2, -0.15) is 5.26 Å². The molecule has 0 bridgehead atoms. The predicted molar refractivity (Wildman–Crippen MR) is 114 cm³/mol. The van der Waals surface area contributed by atoms with Crippen molar-refractivity contribution < 1.29 is 4.79 Å². The van der Waals surface area contributed by atoms with Gasteiger partial charge in [-0.05, 0) is 48.7 Å². The van der Waals surface area contributed by atoms with E-state index in [1.54, 1.807) is 12.1 Å². The van der Waals surface area contributed by atoms with Crippen LogP contribution in [-0.2, 0) is 11.2 Å². The first-order chi connectivity index (χ1) is 13.5. The second kappa shape index (κ2) is 9.35. The molecule has 0 aliphatic carbocycles. The molecule has 0 saturated heterocycles. The number of aromatic nitrogens is 2. The summed E-state index contributed by atoms with van der Waals surface area (Å²) in [6, 6.07) is 15.4. The van der Waals surface area contributed by atoms with Crippen molar-refractivity contribution >= 4 is 45.5 Å². The Hall–Kier alpha value is -2.89. The Morgan fingerprint density at radius 3 is 2.71 bits per heavy atom. The van der Waals surface area contributed by atoms with Crippen molar-refractivity contribution in [3.63, 3.8) is 0 Å². The Balaban J connectivity index is 1.52. The Bertz CT molecular complexity index is 1010. The van der Waals surface area contributed by atoms with Crippen molar-refractivity contribution in [3.05, 3.63) is 59.2 Å². The van der Waals surface area contributed by atoms with Crippen LogP contribution < -0.4 is 10.6 Å². The second-order valence-corrected chi connectivity index (χ2v) is 8.31. The van der Waals surface area contributed by atoms with Gasteiger partial charge in [-0.15, -0.1) is 10.2 Å². The molecule has 3 aromatic rings. The Morgan fingerprint density at radius 1 is 1.18 bits per heavy atom. The molecular formula is C20H19N5OS2. The number of nitrogens with zero attached hydrogens (tertiary/aromatic N) is 3. The minimum Gasteiger partial charge on any atom is -0.330 e. The maximum absolute atomic E-state index is 12.1. The van der Waals surface area contributed by atoms with Crippen LogP contribution in [0.15, 0.2) is 46.8 Å². The van der Waals surface area contributed by atoms with Gasteiger partial charge in [0.2, 0.25) is 11.0 Å². The highest BCUT2D eigenvalue weighted by Gasteiger charge is 2.10. The van der Waals surface area contributed by atoms with Crippen molar-refractivity contribution in [2.24, 2.45) is 0 Å². The molecule has 2 aromatic carbocycles. The third-order valence-electron chi connectivity index (χ3n) is 4.10. The molecule has 6 nitrogen and oxygen atoms in total. The molecule has 2 N–H and O–H groups in total. The average molecular weight is 410 g/mol. The average Bonchev–Trinajstić information content (AvgIpc) is 3.13. The molecule has 0 spiro atoms. The van der Waals surface area contributed by atoms with E-state index in [0.717, 1.165) is 15.6 Å². The minimum atomic E-state index is -0.114. The minimum absolute atomic E-state index is 0.114. The van der Waals surface area contributed by atoms with Crippen LogP contribution in [0.25, 0.3) is 0 Å². The Labute approximate surface area is 172 Å². The number of carbonyl (C=O) groups excluding carboxylic acids is 1. The van der Waals surface area contributed by atoms with Gasteiger partial charge in [-0.3, -0.25) is 4.79 Å². The number of benzene rings is 2. The molecule has 3 rings (SSSR count). The molecule has 0 saturated carbocycles. The summed E-state index contributed by atoms with van der Waals surface area (Å²) in [5, 5.41) is 23.8. The molecule has 142 valence electrons. The van der Waals surface area contributed by atoms with E-state index >= 15 is 0 Å². The molecule has 0 aliphatic heterocycles. The van der Waals surface area contributed by atoms with Crippen molar-refractivity contribution in [1.29, 1.82) is 5.26 Å². The fraction of sp³-hybridized carbons (Fsp3) is 0.200. The quantitative estimate of drug-likeness (QED) is 0.550. The van der Waals surface area contributed by atoms with Gasteiger partial charge < -0.3 is 10.6 Å². The van der Waals surface area contributed by atoms with E-state index in [1.165, 1.54) is 34.2 Å². The van der Waals surface area contributed by atoms with Gasteiger partial charge in [-0.1, -0.05) is 47.4 Å². The Morgan fingerprint density at radius 2 is 1.96 bits per heavy atom. The van der Waals surface area contributed by atoms with Gasteiger partial charge in [0.25, 0.3) is 0 Å². The van der Waals surface area contributed by atoms with Crippen LogP contribution in [0.5, 0.6) is 0 Å². The van der Waals surface area contributed by atoms with Gasteiger partial charge >= 0.3 is 0 Å². The molecule has 0 aliphatic rings. The fourth-order valence-corrected chi connectivity index (χ4v) is 4.01. The number of hydrogen-bond donors (Lipinski definition) is 2. The van der Waals surface area contributed by atoms with Crippen LogP contribution in [0.3, 0.4) is 0 Å². The zero-order valence-electron chi connectivity index (χ0n) is 15.5. The molecule has 0 unspecified atom stereocenters. The zero-order chi connectivity index (χ0) is 19.9. The SMILES string of the molecule is Cc1cccc(Nc2nnc(SCC(=O)Nc3ccc(CC#N)cc3)s2)c1C. The molecule has 8 heteroatoms. The van der Waals surface area contributed by atoms with Crippen molar-refractivity contribution in [3.8, 4) is 6.07 Å². The highest BCUT2D eigenvalue weighted by atomic mass is 32.2. The number of thioether (sulfide) groups is 1. The molecule has 0 atom stereocenters. The second-order valence-electron chi connectivity index (χ2n) is 6.11. The van der Waals surface area contributed by atoms with Gasteiger partial charge in [0.1, 0.15) is 0 Å². The van der Waals surface area contributed by atoms with Crippen LogP contribution in [0, 0.1) is 25.2 Å². The number of aryl methyl sites for hydroxylation is 1. The highest BCUT2D eigenvalue weighted by molar-refractivity contribution is 8.01. The maximum Gasteiger partial charge on any atom is 0.234 e. The lowest BCUT2D eigenvalue weighted by molar-refractivity contribution is -0.113. The highest BCUT2D eigenvalue weighted by Crippen LogP contribution is 2.29. The smallest absolute Gasteiger partial charge is 0.234 e. The van der Waals surface area contributed by atoms with E-state index < -0.39 is 0 Å². The Kier molecular flexibility index (Phi) is 6.63. The first-order valence-electron chi connectivity index (χ1n) is 8.60. The number of amides is 1. The molecule has 28 heavy (non-hydrogen) atoms. The van der Waals surface area contributed by atoms with Crippen molar-refractivity contribution in [1.82, 2.24) is 10.2 Å². The van der Waals surface area contributed by atoms with E-state index in [4.69, 9.17) is 5.26 Å². The summed E-state index contributed by atoms with van der Waals surface area (Å²) >= 11 is 2.76. The summed E-state index contributed by atoms with van der Waals surface area (Å²) in [7, 11) is 0. The van der Waals surface area contributed by atoms with E-state index in [9.17, 15) is 4.79 Å². The van der Waals surface area contributed by atoms with Crippen LogP contribution in [0.1, 0.15) is 16.7 Å². The summed E-state index contributed by atoms with van der Waals surface area (Å²) in [5.41, 5.74) is 5.02. The van der Waals surface area contributed by atoms with E-state index in [1.807, 2.05) is 24.3 Å². The van der Waals surface area contributed by atoms with Crippen LogP contribution in [0.2, 0.25) is 0 Å². The summed E-state index contributed by atoms with van der Waals surface area (Å²) in [4.78, 5) is 12.1. The van der Waals surface area contributed by atoms with Crippen LogP contribution in [-0.4, -0.2) is 21.9 Å². The van der Waals surface area contributed by atoms with E-state index in [2.05, 4.69) is 46.8 Å². The normalized spacial score (nSPS) is 10.3. The van der Waals surface area contributed by atoms with E-state index in [-0.39, 0.29) is 11.7 Å². The number of rotatable bonds is 7. The van der Waals surface area contributed by atoms with Crippen LogP contribution >= 0.6 is 23.1 Å². The standard InChI is InChI=1S/C20H19N5OS2/c1-13-4-3-5-17(14(13)2)23-19-24-25-20(28-19)27-12-18(26)22-16-8-6-15(7-9-16)10-11-21/h3-9H,10,12H2,1-2H3,(H,22,26)(H,23,24). The monoisotopic (exact) mass is 409 g/mol. The maximum atomic E-state index is 12.1. The lowest BCUT2D eigenvalue weighted by atomic mass is 10.1. The first-order valence-corrected chi connectivity index (χ1v) is 10.4.